The van der Waals surface area contributed by atoms with E-state index in [1.807, 2.05) is 12.2 Å². The molecular formula is C43H76NO11P. The largest absolute Gasteiger partial charge is 0.472 e. The van der Waals surface area contributed by atoms with Gasteiger partial charge in [0.05, 0.1) is 25.4 Å². The molecule has 0 aromatic rings. The number of aliphatic hydroxyl groups excluding tert-OH is 2. The summed E-state index contributed by atoms with van der Waals surface area (Å²) in [6, 6.07) is 0. The van der Waals surface area contributed by atoms with Gasteiger partial charge in [-0.15, -0.1) is 0 Å². The maximum Gasteiger partial charge on any atom is 0.472 e. The number of allylic oxidation sites excluding steroid dienone is 5. The monoisotopic (exact) mass is 814 g/mol. The first-order valence-corrected chi connectivity index (χ1v) is 23.1. The van der Waals surface area contributed by atoms with Crippen LogP contribution in [0.3, 0.4) is 0 Å². The van der Waals surface area contributed by atoms with Gasteiger partial charge < -0.3 is 30.3 Å². The number of carbonyl (C=O) groups is 3. The Hall–Kier alpha value is -2.18. The Kier molecular flexibility index (Phi) is 31.2. The Morgan fingerprint density at radius 3 is 2.07 bits per heavy atom. The number of Topliss-reactive ketones (excluding diaryl/α,β-unsaturated/α-hetero) is 1. The van der Waals surface area contributed by atoms with Crippen LogP contribution in [0.15, 0.2) is 36.5 Å². The van der Waals surface area contributed by atoms with Crippen LogP contribution in [-0.2, 0) is 37.5 Å². The highest BCUT2D eigenvalue weighted by Crippen LogP contribution is 2.43. The van der Waals surface area contributed by atoms with E-state index in [0.29, 0.717) is 32.1 Å². The highest BCUT2D eigenvalue weighted by Gasteiger charge is 2.39. The summed E-state index contributed by atoms with van der Waals surface area (Å²) in [6.07, 6.45) is 29.7. The van der Waals surface area contributed by atoms with Crippen LogP contribution in [0.4, 0.5) is 0 Å². The Bertz CT molecular complexity index is 1180. The van der Waals surface area contributed by atoms with Gasteiger partial charge in [-0.2, -0.15) is 0 Å². The molecule has 0 bridgehead atoms. The molecule has 0 aliphatic heterocycles. The minimum absolute atomic E-state index is 0.00899. The highest BCUT2D eigenvalue weighted by molar-refractivity contribution is 7.47. The van der Waals surface area contributed by atoms with Crippen LogP contribution in [-0.4, -0.2) is 77.5 Å². The van der Waals surface area contributed by atoms with Crippen molar-refractivity contribution in [2.24, 2.45) is 17.6 Å². The van der Waals surface area contributed by atoms with E-state index in [9.17, 15) is 34.1 Å². The number of phosphoric acid groups is 1. The second-order valence-corrected chi connectivity index (χ2v) is 16.4. The first kappa shape index (κ1) is 51.8. The number of hydrogen-bond donors (Lipinski definition) is 4. The van der Waals surface area contributed by atoms with Crippen molar-refractivity contribution < 1.29 is 52.6 Å². The number of aliphatic hydroxyl groups is 2. The summed E-state index contributed by atoms with van der Waals surface area (Å²) in [6.45, 7) is 3.29. The zero-order valence-electron chi connectivity index (χ0n) is 34.6. The van der Waals surface area contributed by atoms with Crippen LogP contribution in [0.1, 0.15) is 162 Å². The van der Waals surface area contributed by atoms with E-state index in [2.05, 4.69) is 26.0 Å². The third-order valence-corrected chi connectivity index (χ3v) is 10.9. The van der Waals surface area contributed by atoms with E-state index in [-0.39, 0.29) is 50.7 Å². The molecule has 13 heteroatoms. The number of ketones is 1. The topological polar surface area (TPSA) is 192 Å². The number of unbranched alkanes of at least 4 members (excludes halogenated alkanes) is 14. The van der Waals surface area contributed by atoms with Crippen LogP contribution in [0.25, 0.3) is 0 Å². The fourth-order valence-electron chi connectivity index (χ4n) is 6.55. The molecule has 0 saturated heterocycles. The predicted molar refractivity (Wildman–Crippen MR) is 221 cm³/mol. The first-order valence-electron chi connectivity index (χ1n) is 21.6. The Labute approximate surface area is 337 Å². The molecule has 0 radical (unpaired) electrons. The maximum absolute atomic E-state index is 12.7. The summed E-state index contributed by atoms with van der Waals surface area (Å²) in [5.41, 5.74) is 5.34. The van der Waals surface area contributed by atoms with E-state index in [1.54, 1.807) is 12.2 Å². The van der Waals surface area contributed by atoms with Gasteiger partial charge in [0, 0.05) is 37.6 Å². The van der Waals surface area contributed by atoms with Crippen molar-refractivity contribution in [1.82, 2.24) is 0 Å². The Balaban J connectivity index is 2.43. The quantitative estimate of drug-likeness (QED) is 0.0204. The van der Waals surface area contributed by atoms with Gasteiger partial charge in [-0.3, -0.25) is 23.4 Å². The third kappa shape index (κ3) is 27.5. The molecule has 1 fully saturated rings. The molecule has 5 N–H and O–H groups in total. The molecule has 12 nitrogen and oxygen atoms in total. The smallest absolute Gasteiger partial charge is 0.462 e. The molecule has 56 heavy (non-hydrogen) atoms. The SMILES string of the molecule is CCCCCCCC/C=C\CCCCCCCC(=O)OC[C@H](COP(=O)(O)OCCN)OC(=O)CCC/C=C\C[C@H]1[C@@H](O)CC(=O)[C@@H]1/C=C/[C@@H](O)CCCCC. The van der Waals surface area contributed by atoms with Gasteiger partial charge in [0.15, 0.2) is 6.10 Å². The van der Waals surface area contributed by atoms with Gasteiger partial charge >= 0.3 is 19.8 Å². The second-order valence-electron chi connectivity index (χ2n) is 15.0. The van der Waals surface area contributed by atoms with Crippen molar-refractivity contribution in [2.75, 3.05) is 26.4 Å². The van der Waals surface area contributed by atoms with Crippen LogP contribution in [0.5, 0.6) is 0 Å². The summed E-state index contributed by atoms with van der Waals surface area (Å²) < 4.78 is 32.7. The molecule has 0 heterocycles. The Morgan fingerprint density at radius 2 is 1.39 bits per heavy atom. The summed E-state index contributed by atoms with van der Waals surface area (Å²) in [7, 11) is -4.45. The molecule has 1 aliphatic carbocycles. The second kappa shape index (κ2) is 33.8. The number of phosphoric ester groups is 1. The maximum atomic E-state index is 12.7. The van der Waals surface area contributed by atoms with Gasteiger partial charge in [-0.05, 0) is 57.8 Å². The molecule has 0 aromatic heterocycles. The summed E-state index contributed by atoms with van der Waals surface area (Å²) in [5.74, 6) is -1.80. The molecule has 1 aliphatic rings. The lowest BCUT2D eigenvalue weighted by atomic mass is 9.90. The first-order chi connectivity index (χ1) is 27.0. The highest BCUT2D eigenvalue weighted by atomic mass is 31.2. The number of ether oxygens (including phenoxy) is 2. The van der Waals surface area contributed by atoms with Crippen LogP contribution in [0, 0.1) is 11.8 Å². The average Bonchev–Trinajstić information content (AvgIpc) is 3.44. The van der Waals surface area contributed by atoms with Crippen LogP contribution in [0.2, 0.25) is 0 Å². The fraction of sp³-hybridized carbons (Fsp3) is 0.791. The Morgan fingerprint density at radius 1 is 0.804 bits per heavy atom. The molecule has 324 valence electrons. The fourth-order valence-corrected chi connectivity index (χ4v) is 7.32. The molecular weight excluding hydrogens is 737 g/mol. The van der Waals surface area contributed by atoms with Gasteiger partial charge in [-0.25, -0.2) is 4.57 Å². The van der Waals surface area contributed by atoms with E-state index >= 15 is 0 Å². The van der Waals surface area contributed by atoms with Gasteiger partial charge in [0.2, 0.25) is 0 Å². The standard InChI is InChI=1S/C43H76NO11P/c1-3-5-7-8-9-10-11-12-13-14-15-16-17-18-23-27-42(48)52-34-37(35-54-56(50,51)53-32-31-44)55-43(49)28-24-20-19-22-26-38-39(41(47)33-40(38)46)30-29-36(45)25-21-6-4-2/h12-13,19,22,29-30,36-40,45-46H,3-11,14-18,20-21,23-28,31-35,44H2,1-2H3,(H,50,51)/b13-12-,22-19-,30-29+/t36-,37+,38+,39+,40-/m0/s1. The molecule has 0 aromatic carbocycles. The van der Waals surface area contributed by atoms with E-state index in [4.69, 9.17) is 24.3 Å². The molecule has 6 atom stereocenters. The number of esters is 2. The lowest BCUT2D eigenvalue weighted by Gasteiger charge is -2.19. The van der Waals surface area contributed by atoms with Crippen molar-refractivity contribution in [3.8, 4) is 0 Å². The zero-order valence-corrected chi connectivity index (χ0v) is 35.5. The van der Waals surface area contributed by atoms with Gasteiger partial charge in [-0.1, -0.05) is 121 Å². The van der Waals surface area contributed by atoms with E-state index < -0.39 is 50.6 Å². The summed E-state index contributed by atoms with van der Waals surface area (Å²) in [4.78, 5) is 47.5. The summed E-state index contributed by atoms with van der Waals surface area (Å²) in [5, 5.41) is 20.7. The van der Waals surface area contributed by atoms with Crippen LogP contribution < -0.4 is 5.73 Å². The number of nitrogens with two attached hydrogens (primary N) is 1. The zero-order chi connectivity index (χ0) is 41.3. The van der Waals surface area contributed by atoms with Crippen molar-refractivity contribution in [3.05, 3.63) is 36.5 Å². The number of rotatable bonds is 36. The van der Waals surface area contributed by atoms with E-state index in [0.717, 1.165) is 57.8 Å². The molecule has 1 unspecified atom stereocenters. The number of hydrogen-bond acceptors (Lipinski definition) is 11. The third-order valence-electron chi connectivity index (χ3n) is 9.88. The molecule has 1 rings (SSSR count). The predicted octanol–water partition coefficient (Wildman–Crippen LogP) is 8.75. The van der Waals surface area contributed by atoms with E-state index in [1.165, 1.54) is 38.5 Å². The minimum Gasteiger partial charge on any atom is -0.462 e. The minimum atomic E-state index is -4.45. The molecule has 0 amide bonds. The lowest BCUT2D eigenvalue weighted by Crippen LogP contribution is -2.29. The van der Waals surface area contributed by atoms with Crippen molar-refractivity contribution in [1.29, 1.82) is 0 Å². The van der Waals surface area contributed by atoms with Crippen molar-refractivity contribution >= 4 is 25.5 Å². The lowest BCUT2D eigenvalue weighted by molar-refractivity contribution is -0.161. The van der Waals surface area contributed by atoms with Gasteiger partial charge in [0.1, 0.15) is 12.4 Å². The normalized spacial score (nSPS) is 19.6. The molecule has 1 saturated carbocycles. The molecule has 0 spiro atoms. The van der Waals surface area contributed by atoms with Gasteiger partial charge in [0.25, 0.3) is 0 Å². The van der Waals surface area contributed by atoms with Crippen LogP contribution >= 0.6 is 7.82 Å². The van der Waals surface area contributed by atoms with Crippen molar-refractivity contribution in [2.45, 2.75) is 180 Å². The summed E-state index contributed by atoms with van der Waals surface area (Å²) >= 11 is 0. The average molecular weight is 814 g/mol. The van der Waals surface area contributed by atoms with Crippen molar-refractivity contribution in [3.63, 3.8) is 0 Å². The number of carbonyl (C=O) groups excluding carboxylic acids is 3.